The molecule has 0 aliphatic carbocycles. The molecule has 1 N–H and O–H groups in total. The van der Waals surface area contributed by atoms with Crippen LogP contribution >= 0.6 is 11.6 Å². The van der Waals surface area contributed by atoms with Crippen molar-refractivity contribution in [3.05, 3.63) is 22.7 Å². The molecule has 3 nitrogen and oxygen atoms in total. The van der Waals surface area contributed by atoms with Crippen LogP contribution in [0.1, 0.15) is 18.9 Å². The van der Waals surface area contributed by atoms with Crippen LogP contribution in [0, 0.1) is 11.8 Å². The highest BCUT2D eigenvalue weighted by Crippen LogP contribution is 2.34. The van der Waals surface area contributed by atoms with Crippen LogP contribution in [0.5, 0.6) is 11.5 Å². The first-order chi connectivity index (χ1) is 8.22. The van der Waals surface area contributed by atoms with E-state index in [-0.39, 0.29) is 6.61 Å². The minimum atomic E-state index is -0.147. The van der Waals surface area contributed by atoms with E-state index in [9.17, 15) is 5.11 Å². The van der Waals surface area contributed by atoms with Crippen LogP contribution in [0.15, 0.2) is 12.1 Å². The summed E-state index contributed by atoms with van der Waals surface area (Å²) in [4.78, 5) is 0. The SMILES string of the molecule is CC#CCCOc1c(CO)cc(Cl)cc1OC. The van der Waals surface area contributed by atoms with E-state index in [4.69, 9.17) is 21.1 Å². The first-order valence-corrected chi connectivity index (χ1v) is 5.60. The number of benzene rings is 1. The Bertz CT molecular complexity index is 407. The average molecular weight is 255 g/mol. The van der Waals surface area contributed by atoms with Gasteiger partial charge in [-0.2, -0.15) is 0 Å². The maximum atomic E-state index is 9.24. The van der Waals surface area contributed by atoms with E-state index < -0.39 is 0 Å². The first kappa shape index (κ1) is 13.7. The van der Waals surface area contributed by atoms with Gasteiger partial charge in [-0.05, 0) is 13.0 Å². The van der Waals surface area contributed by atoms with Crippen molar-refractivity contribution in [3.63, 3.8) is 0 Å². The zero-order valence-corrected chi connectivity index (χ0v) is 10.7. The van der Waals surface area contributed by atoms with Crippen LogP contribution in [-0.2, 0) is 6.61 Å². The molecule has 1 aromatic carbocycles. The van der Waals surface area contributed by atoms with Gasteiger partial charge in [0.15, 0.2) is 11.5 Å². The van der Waals surface area contributed by atoms with Gasteiger partial charge in [-0.25, -0.2) is 0 Å². The second-order valence-corrected chi connectivity index (χ2v) is 3.72. The summed E-state index contributed by atoms with van der Waals surface area (Å²) in [6.07, 6.45) is 0.632. The average Bonchev–Trinajstić information content (AvgIpc) is 2.35. The number of aliphatic hydroxyl groups is 1. The van der Waals surface area contributed by atoms with Gasteiger partial charge in [0.25, 0.3) is 0 Å². The predicted octanol–water partition coefficient (Wildman–Crippen LogP) is 2.63. The molecule has 0 heterocycles. The van der Waals surface area contributed by atoms with Crippen LogP contribution < -0.4 is 9.47 Å². The monoisotopic (exact) mass is 254 g/mol. The Balaban J connectivity index is 2.89. The summed E-state index contributed by atoms with van der Waals surface area (Å²) in [5, 5.41) is 9.75. The van der Waals surface area contributed by atoms with Crippen LogP contribution in [0.25, 0.3) is 0 Å². The molecule has 0 aliphatic rings. The van der Waals surface area contributed by atoms with Gasteiger partial charge in [0.05, 0.1) is 20.3 Å². The molecule has 17 heavy (non-hydrogen) atoms. The summed E-state index contributed by atoms with van der Waals surface area (Å²) in [5.74, 6) is 6.73. The van der Waals surface area contributed by atoms with Crippen molar-refractivity contribution in [2.24, 2.45) is 0 Å². The number of ether oxygens (including phenoxy) is 2. The first-order valence-electron chi connectivity index (χ1n) is 5.22. The normalized spacial score (nSPS) is 9.41. The molecule has 0 saturated heterocycles. The third kappa shape index (κ3) is 3.85. The highest BCUT2D eigenvalue weighted by atomic mass is 35.5. The molecule has 0 aromatic heterocycles. The summed E-state index contributed by atoms with van der Waals surface area (Å²) < 4.78 is 10.7. The molecule has 0 fully saturated rings. The van der Waals surface area contributed by atoms with E-state index in [1.54, 1.807) is 19.1 Å². The number of halogens is 1. The molecular formula is C13H15ClO3. The summed E-state index contributed by atoms with van der Waals surface area (Å²) in [6.45, 7) is 2.08. The molecular weight excluding hydrogens is 240 g/mol. The predicted molar refractivity (Wildman–Crippen MR) is 67.5 cm³/mol. The number of hydrogen-bond donors (Lipinski definition) is 1. The Hall–Kier alpha value is -1.37. The molecule has 0 saturated carbocycles. The summed E-state index contributed by atoms with van der Waals surface area (Å²) in [7, 11) is 1.53. The Kier molecular flexibility index (Phi) is 5.68. The maximum Gasteiger partial charge on any atom is 0.166 e. The van der Waals surface area contributed by atoms with Crippen molar-refractivity contribution in [3.8, 4) is 23.3 Å². The third-order valence-corrected chi connectivity index (χ3v) is 2.36. The van der Waals surface area contributed by atoms with Crippen molar-refractivity contribution in [2.75, 3.05) is 13.7 Å². The standard InChI is InChI=1S/C13H15ClO3/c1-3-4-5-6-17-13-10(9-15)7-11(14)8-12(13)16-2/h7-8,15H,5-6,9H2,1-2H3. The van der Waals surface area contributed by atoms with E-state index in [1.165, 1.54) is 7.11 Å². The molecule has 0 bridgehead atoms. The van der Waals surface area contributed by atoms with Gasteiger partial charge in [0, 0.05) is 23.1 Å². The van der Waals surface area contributed by atoms with Gasteiger partial charge < -0.3 is 14.6 Å². The highest BCUT2D eigenvalue weighted by Gasteiger charge is 2.11. The van der Waals surface area contributed by atoms with Gasteiger partial charge in [0.2, 0.25) is 0 Å². The van der Waals surface area contributed by atoms with Crippen LogP contribution in [0.3, 0.4) is 0 Å². The molecule has 1 rings (SSSR count). The molecule has 0 radical (unpaired) electrons. The number of methoxy groups -OCH3 is 1. The lowest BCUT2D eigenvalue weighted by Crippen LogP contribution is -2.02. The third-order valence-electron chi connectivity index (χ3n) is 2.14. The molecule has 0 spiro atoms. The van der Waals surface area contributed by atoms with Crippen molar-refractivity contribution < 1.29 is 14.6 Å². The summed E-state index contributed by atoms with van der Waals surface area (Å²) in [5.41, 5.74) is 0.610. The molecule has 92 valence electrons. The van der Waals surface area contributed by atoms with Gasteiger partial charge in [-0.1, -0.05) is 11.6 Å². The van der Waals surface area contributed by atoms with Gasteiger partial charge in [-0.15, -0.1) is 11.8 Å². The van der Waals surface area contributed by atoms with Gasteiger partial charge in [-0.3, -0.25) is 0 Å². The van der Waals surface area contributed by atoms with Crippen LogP contribution in [0.4, 0.5) is 0 Å². The maximum absolute atomic E-state index is 9.24. The Morgan fingerprint density at radius 2 is 2.18 bits per heavy atom. The van der Waals surface area contributed by atoms with Crippen LogP contribution in [0.2, 0.25) is 5.02 Å². The number of rotatable bonds is 5. The fraction of sp³-hybridized carbons (Fsp3) is 0.385. The Morgan fingerprint density at radius 1 is 1.41 bits per heavy atom. The van der Waals surface area contributed by atoms with E-state index in [1.807, 2.05) is 0 Å². The largest absolute Gasteiger partial charge is 0.493 e. The van der Waals surface area contributed by atoms with Crippen molar-refractivity contribution in [2.45, 2.75) is 20.0 Å². The van der Waals surface area contributed by atoms with E-state index in [2.05, 4.69) is 11.8 Å². The fourth-order valence-electron chi connectivity index (χ4n) is 1.38. The second kappa shape index (κ2) is 7.05. The molecule has 4 heteroatoms. The lowest BCUT2D eigenvalue weighted by atomic mass is 10.2. The highest BCUT2D eigenvalue weighted by molar-refractivity contribution is 6.30. The second-order valence-electron chi connectivity index (χ2n) is 3.28. The van der Waals surface area contributed by atoms with Crippen molar-refractivity contribution in [1.82, 2.24) is 0 Å². The molecule has 1 aromatic rings. The molecule has 0 atom stereocenters. The lowest BCUT2D eigenvalue weighted by Gasteiger charge is -2.13. The smallest absolute Gasteiger partial charge is 0.166 e. The molecule has 0 unspecified atom stereocenters. The van der Waals surface area contributed by atoms with Crippen molar-refractivity contribution >= 4 is 11.6 Å². The summed E-state index contributed by atoms with van der Waals surface area (Å²) >= 11 is 5.89. The number of hydrogen-bond acceptors (Lipinski definition) is 3. The van der Waals surface area contributed by atoms with Crippen molar-refractivity contribution in [1.29, 1.82) is 0 Å². The zero-order chi connectivity index (χ0) is 12.7. The van der Waals surface area contributed by atoms with E-state index in [0.717, 1.165) is 0 Å². The molecule has 0 aliphatic heterocycles. The minimum absolute atomic E-state index is 0.147. The lowest BCUT2D eigenvalue weighted by molar-refractivity contribution is 0.257. The zero-order valence-electron chi connectivity index (χ0n) is 9.92. The minimum Gasteiger partial charge on any atom is -0.493 e. The van der Waals surface area contributed by atoms with Gasteiger partial charge in [0.1, 0.15) is 0 Å². The van der Waals surface area contributed by atoms with E-state index >= 15 is 0 Å². The Labute approximate surface area is 106 Å². The van der Waals surface area contributed by atoms with Crippen LogP contribution in [-0.4, -0.2) is 18.8 Å². The van der Waals surface area contributed by atoms with Gasteiger partial charge >= 0.3 is 0 Å². The summed E-state index contributed by atoms with van der Waals surface area (Å²) in [6, 6.07) is 3.31. The topological polar surface area (TPSA) is 38.7 Å². The quantitative estimate of drug-likeness (QED) is 0.649. The molecule has 0 amide bonds. The number of aliphatic hydroxyl groups excluding tert-OH is 1. The fourth-order valence-corrected chi connectivity index (χ4v) is 1.62. The van der Waals surface area contributed by atoms with E-state index in [0.29, 0.717) is 35.1 Å². The Morgan fingerprint density at radius 3 is 2.76 bits per heavy atom.